The van der Waals surface area contributed by atoms with E-state index < -0.39 is 0 Å². The maximum Gasteiger partial charge on any atom is 0.187 e. The minimum atomic E-state index is 0. The van der Waals surface area contributed by atoms with Gasteiger partial charge in [-0.15, -0.1) is 0 Å². The van der Waals surface area contributed by atoms with Crippen LogP contribution in [-0.2, 0) is 55.2 Å². The third-order valence-corrected chi connectivity index (χ3v) is 19.0. The van der Waals surface area contributed by atoms with E-state index >= 15 is 0 Å². The molecule has 0 bridgehead atoms. The molecule has 0 fully saturated rings. The molecule has 0 N–H and O–H groups in total. The summed E-state index contributed by atoms with van der Waals surface area (Å²) in [7, 11) is 1.73. The number of rotatable bonds is 2. The predicted molar refractivity (Wildman–Crippen MR) is 542 cm³/mol. The van der Waals surface area contributed by atoms with Gasteiger partial charge in [-0.3, -0.25) is 4.98 Å². The number of hydrogen-bond donors (Lipinski definition) is 0. The van der Waals surface area contributed by atoms with Crippen LogP contribution in [0.4, 0.5) is 5.69 Å². The molecule has 0 saturated carbocycles. The Morgan fingerprint density at radius 1 is 0.308 bits per heavy atom. The Hall–Kier alpha value is -6.78. The number of halogens is 4. The van der Waals surface area contributed by atoms with E-state index in [9.17, 15) is 0 Å². The van der Waals surface area contributed by atoms with E-state index in [1.165, 1.54) is 77.9 Å². The first-order chi connectivity index (χ1) is 48.7. The molecule has 0 spiro atoms. The Morgan fingerprint density at radius 2 is 0.641 bits per heavy atom. The van der Waals surface area contributed by atoms with Crippen LogP contribution in [0.2, 0.25) is 20.1 Å². The van der Waals surface area contributed by atoms with E-state index in [-0.39, 0.29) is 123 Å². The first kappa shape index (κ1) is 131. The average Bonchev–Trinajstić information content (AvgIpc) is 0.828. The van der Waals surface area contributed by atoms with Crippen molar-refractivity contribution in [2.24, 2.45) is 0 Å². The molecule has 9 rings (SSSR count). The lowest BCUT2D eigenvalue weighted by molar-refractivity contribution is 0.397. The summed E-state index contributed by atoms with van der Waals surface area (Å²) >= 11 is 23.5. The highest BCUT2D eigenvalue weighted by Gasteiger charge is 2.22. The first-order valence-corrected chi connectivity index (χ1v) is 39.2. The lowest BCUT2D eigenvalue weighted by Gasteiger charge is -2.22. The number of aromatic nitrogens is 3. The van der Waals surface area contributed by atoms with Gasteiger partial charge in [0.05, 0.1) is 23.7 Å². The number of hydrogen-bond acceptors (Lipinski definition) is 4. The summed E-state index contributed by atoms with van der Waals surface area (Å²) in [5, 5.41) is 2.91. The van der Waals surface area contributed by atoms with Crippen LogP contribution in [0, 0.1) is 55.0 Å². The molecule has 9 aromatic rings. The van der Waals surface area contributed by atoms with E-state index in [1.807, 2.05) is 94.0 Å². The van der Waals surface area contributed by atoms with Crippen molar-refractivity contribution < 1.29 is 4.74 Å². The van der Waals surface area contributed by atoms with E-state index in [4.69, 9.17) is 57.7 Å². The molecule has 0 unspecified atom stereocenters. The van der Waals surface area contributed by atoms with Crippen LogP contribution in [0.15, 0.2) is 170 Å². The normalized spacial score (nSPS) is 10.6. The van der Waals surface area contributed by atoms with Gasteiger partial charge in [0.25, 0.3) is 0 Å². The van der Waals surface area contributed by atoms with Gasteiger partial charge in [-0.25, -0.2) is 14.8 Å². The largest absolute Gasteiger partial charge is 0.496 e. The smallest absolute Gasteiger partial charge is 0.187 e. The van der Waals surface area contributed by atoms with Gasteiger partial charge in [-0.2, -0.15) is 0 Å². The zero-order valence-electron chi connectivity index (χ0n) is 73.1. The minimum absolute atomic E-state index is 0. The summed E-state index contributed by atoms with van der Waals surface area (Å²) < 4.78 is 5.35. The maximum atomic E-state index is 6.80. The van der Waals surface area contributed by atoms with Crippen molar-refractivity contribution in [3.05, 3.63) is 297 Å². The van der Waals surface area contributed by atoms with Crippen molar-refractivity contribution in [1.82, 2.24) is 15.0 Å². The van der Waals surface area contributed by atoms with Crippen LogP contribution in [0.25, 0.3) is 4.85 Å². The summed E-state index contributed by atoms with van der Waals surface area (Å²) in [5.41, 5.74) is 23.4. The van der Waals surface area contributed by atoms with Crippen molar-refractivity contribution in [3.63, 3.8) is 0 Å². The molecule has 2 aromatic heterocycles. The molecule has 664 valence electrons. The monoisotopic (exact) mass is 1690 g/mol. The molecule has 7 aromatic carbocycles. The van der Waals surface area contributed by atoms with Crippen LogP contribution < -0.4 is 4.74 Å². The second-order valence-electron chi connectivity index (χ2n) is 37.3. The second-order valence-corrected chi connectivity index (χ2v) is 38.9. The van der Waals surface area contributed by atoms with Crippen LogP contribution in [0.1, 0.15) is 363 Å². The molecule has 0 aliphatic heterocycles. The highest BCUT2D eigenvalue weighted by molar-refractivity contribution is 6.42. The lowest BCUT2D eigenvalue weighted by Crippen LogP contribution is -2.14. The fourth-order valence-electron chi connectivity index (χ4n) is 10.5. The van der Waals surface area contributed by atoms with Gasteiger partial charge in [0.1, 0.15) is 11.6 Å². The van der Waals surface area contributed by atoms with Gasteiger partial charge >= 0.3 is 0 Å². The van der Waals surface area contributed by atoms with Crippen molar-refractivity contribution in [2.75, 3.05) is 7.11 Å². The Bertz CT molecular complexity index is 3900. The van der Waals surface area contributed by atoms with Crippen LogP contribution in [0.3, 0.4) is 0 Å². The molecule has 117 heavy (non-hydrogen) atoms. The summed E-state index contributed by atoms with van der Waals surface area (Å²) in [5.74, 6) is 1.82. The number of nitrogens with zero attached hydrogens (tertiary/aromatic N) is 4. The first-order valence-electron chi connectivity index (χ1n) is 37.7. The van der Waals surface area contributed by atoms with Crippen LogP contribution in [0.5, 0.6) is 5.75 Å². The molecule has 0 amide bonds. The molecular weight excluding hydrogens is 1510 g/mol. The summed E-state index contributed by atoms with van der Waals surface area (Å²) in [6.45, 7) is 82.8. The maximum absolute atomic E-state index is 6.80. The zero-order valence-corrected chi connectivity index (χ0v) is 76.1. The molecular formula is C108H178Cl4N4O. The van der Waals surface area contributed by atoms with Gasteiger partial charge in [-0.1, -0.05) is 435 Å². The number of methoxy groups -OCH3 is 1. The number of benzene rings is 7. The van der Waals surface area contributed by atoms with Crippen LogP contribution >= 0.6 is 46.4 Å². The molecule has 0 aliphatic rings. The third kappa shape index (κ3) is 50.2. The number of aryl methyl sites for hydroxylation is 8. The summed E-state index contributed by atoms with van der Waals surface area (Å²) in [4.78, 5) is 15.9. The van der Waals surface area contributed by atoms with Crippen molar-refractivity contribution in [3.8, 4) is 5.75 Å². The van der Waals surface area contributed by atoms with Gasteiger partial charge in [-0.05, 0) is 218 Å². The van der Waals surface area contributed by atoms with E-state index in [1.54, 1.807) is 7.11 Å². The third-order valence-electron chi connectivity index (χ3n) is 17.6. The quantitative estimate of drug-likeness (QED) is 0.162. The highest BCUT2D eigenvalue weighted by Crippen LogP contribution is 2.34. The molecule has 0 atom stereocenters. The van der Waals surface area contributed by atoms with Gasteiger partial charge in [0, 0.05) is 34.3 Å². The predicted octanol–water partition coefficient (Wildman–Crippen LogP) is 37.3. The molecule has 5 nitrogen and oxygen atoms in total. The number of pyridine rings is 1. The van der Waals surface area contributed by atoms with Crippen molar-refractivity contribution >= 4 is 52.1 Å². The van der Waals surface area contributed by atoms with Crippen molar-refractivity contribution in [2.45, 2.75) is 372 Å². The van der Waals surface area contributed by atoms with Gasteiger partial charge < -0.3 is 4.74 Å². The van der Waals surface area contributed by atoms with Crippen LogP contribution in [-0.4, -0.2) is 22.1 Å². The molecule has 0 saturated heterocycles. The zero-order chi connectivity index (χ0) is 82.8. The summed E-state index contributed by atoms with van der Waals surface area (Å²) in [6.07, 6.45) is 6.87. The second kappa shape index (κ2) is 56.7. The number of ether oxygens (including phenoxy) is 1. The topological polar surface area (TPSA) is 52.3 Å². The van der Waals surface area contributed by atoms with E-state index in [0.717, 1.165) is 39.3 Å². The standard InChI is InChI=1S/C13H20.C12H18O.C12H18.C11H15Cl.C11H13N.C10H12Cl2.C10H13Cl.C10H15N.C9H14N2.10CH4/c1-6-11-9-10(2)7-8-12(11)13(3,4)5;1-9-6-7-10(12(2,3)4)11(8-9)13-5;1-9-6-7-11(10(2)8-9)12(3,4)5;1-8-5-6-9(7-10(8)12)11(2,3)4;1-11(2,3)9-5-7-10(12-4)8-6-9;1-10(2,3)7-4-5-8(11)9(12)6-7;1-10(2,3)8-4-6-9(11)7-5-8;1-8-5-6-9(7-11-8)10(2,3)4;1-7-10-5-8(6-11-7)9(2,3)4;;;;;;;;;;/h7-9H,6H2,1-5H3;6-8H,1-5H3;6-8H,1-5H3;5-7H,1-4H3;5-8H,1-3H3;4-6H,1-3H3;4-7H,1-3H3;5-7H,1-4H3;5-6H,1-4H3;10*1H4. The van der Waals surface area contributed by atoms with Crippen molar-refractivity contribution in [1.29, 1.82) is 0 Å². The highest BCUT2D eigenvalue weighted by atomic mass is 35.5. The summed E-state index contributed by atoms with van der Waals surface area (Å²) in [6, 6.07) is 51.8. The Kier molecular flexibility index (Phi) is 63.4. The lowest BCUT2D eigenvalue weighted by atomic mass is 9.82. The molecule has 2 heterocycles. The average molecular weight is 1690 g/mol. The molecule has 0 radical (unpaired) electrons. The van der Waals surface area contributed by atoms with Gasteiger partial charge in [0.15, 0.2) is 5.69 Å². The van der Waals surface area contributed by atoms with Gasteiger partial charge in [0.2, 0.25) is 0 Å². The Morgan fingerprint density at radius 3 is 0.974 bits per heavy atom. The minimum Gasteiger partial charge on any atom is -0.496 e. The van der Waals surface area contributed by atoms with E-state index in [0.29, 0.717) is 15.7 Å². The van der Waals surface area contributed by atoms with E-state index in [2.05, 4.69) is 338 Å². The molecule has 9 heteroatoms. The Labute approximate surface area is 747 Å². The Balaban J connectivity index is -0.000000136. The molecule has 0 aliphatic carbocycles. The fourth-order valence-corrected chi connectivity index (χ4v) is 11.1. The fraction of sp³-hybridized carbons (Fsp3) is 0.519. The SMILES string of the molecule is C.C.C.C.C.C.C.C.C.C.CC(C)(C)c1ccc(Cl)c(Cl)c1.CC(C)(C)c1ccc(Cl)cc1.CCc1cc(C)ccc1C(C)(C)C.COc1cc(C)ccc1C(C)(C)C.Cc1ccc(C(C)(C)C)c(C)c1.Cc1ccc(C(C)(C)C)cc1Cl.Cc1ccc(C(C)(C)C)cn1.Cc1ncc(C(C)(C)C)cn1.[C-]#[N+]c1ccc(C(C)(C)C)cc1.